The second-order valence-electron chi connectivity index (χ2n) is 3.53. The maximum absolute atomic E-state index is 13.3. The number of carbonyl (C=O) groups is 1. The third-order valence-corrected chi connectivity index (χ3v) is 3.68. The van der Waals surface area contributed by atoms with Crippen molar-refractivity contribution in [3.63, 3.8) is 0 Å². The first-order valence-corrected chi connectivity index (χ1v) is 6.09. The summed E-state index contributed by atoms with van der Waals surface area (Å²) in [7, 11) is 0. The van der Waals surface area contributed by atoms with Crippen LogP contribution in [0.4, 0.5) is 14.5 Å². The Bertz CT molecular complexity index is 431. The van der Waals surface area contributed by atoms with Gasteiger partial charge >= 0.3 is 0 Å². The monoisotopic (exact) mass is 357 g/mol. The van der Waals surface area contributed by atoms with Crippen molar-refractivity contribution in [2.24, 2.45) is 0 Å². The quantitative estimate of drug-likeness (QED) is 0.430. The Morgan fingerprint density at radius 2 is 1.94 bits per heavy atom. The van der Waals surface area contributed by atoms with Crippen molar-refractivity contribution in [3.05, 3.63) is 27.3 Å². The molecule has 16 heavy (non-hydrogen) atoms. The molecule has 0 saturated carbocycles. The summed E-state index contributed by atoms with van der Waals surface area (Å²) >= 11 is 7.39. The van der Waals surface area contributed by atoms with Gasteiger partial charge < -0.3 is 4.90 Å². The molecule has 2 nitrogen and oxygen atoms in total. The van der Waals surface area contributed by atoms with Gasteiger partial charge in [-0.25, -0.2) is 8.78 Å². The number of rotatable bonds is 1. The van der Waals surface area contributed by atoms with Crippen LogP contribution < -0.4 is 4.90 Å². The molecule has 0 aromatic heterocycles. The van der Waals surface area contributed by atoms with Crippen molar-refractivity contribution in [1.82, 2.24) is 0 Å². The summed E-state index contributed by atoms with van der Waals surface area (Å²) in [5.74, 6) is -1.54. The van der Waals surface area contributed by atoms with Crippen molar-refractivity contribution in [1.29, 1.82) is 0 Å². The van der Waals surface area contributed by atoms with Crippen molar-refractivity contribution in [2.75, 3.05) is 11.4 Å². The molecule has 1 aromatic carbocycles. The Hall–Kier alpha value is -0.430. The molecule has 1 atom stereocenters. The highest BCUT2D eigenvalue weighted by Crippen LogP contribution is 2.28. The second kappa shape index (κ2) is 4.44. The zero-order chi connectivity index (χ0) is 11.9. The predicted octanol–water partition coefficient (Wildman–Crippen LogP) is 2.91. The summed E-state index contributed by atoms with van der Waals surface area (Å²) in [6.45, 7) is 0.292. The number of benzene rings is 1. The van der Waals surface area contributed by atoms with Crippen LogP contribution in [0.15, 0.2) is 12.1 Å². The van der Waals surface area contributed by atoms with E-state index >= 15 is 0 Å². The molecular formula is C10H7ClF2INO. The van der Waals surface area contributed by atoms with Crippen LogP contribution in [0.3, 0.4) is 0 Å². The smallest absolute Gasteiger partial charge is 0.228 e. The fourth-order valence-corrected chi connectivity index (χ4v) is 2.19. The van der Waals surface area contributed by atoms with Gasteiger partial charge in [0.25, 0.3) is 0 Å². The summed E-state index contributed by atoms with van der Waals surface area (Å²) in [6, 6.07) is 2.30. The lowest BCUT2D eigenvalue weighted by Crippen LogP contribution is -2.25. The lowest BCUT2D eigenvalue weighted by molar-refractivity contribution is -0.117. The molecule has 1 aliphatic heterocycles. The fourth-order valence-electron chi connectivity index (χ4n) is 1.61. The molecule has 0 bridgehead atoms. The lowest BCUT2D eigenvalue weighted by Gasteiger charge is -2.16. The summed E-state index contributed by atoms with van der Waals surface area (Å²) in [5, 5.41) is -0.294. The molecule has 1 amide bonds. The largest absolute Gasteiger partial charge is 0.311 e. The first-order chi connectivity index (χ1) is 7.49. The van der Waals surface area contributed by atoms with Gasteiger partial charge in [-0.2, -0.15) is 0 Å². The molecule has 1 saturated heterocycles. The van der Waals surface area contributed by atoms with Crippen molar-refractivity contribution >= 4 is 45.8 Å². The Labute approximate surface area is 110 Å². The zero-order valence-electron chi connectivity index (χ0n) is 8.01. The minimum Gasteiger partial charge on any atom is -0.311 e. The Balaban J connectivity index is 2.38. The number of carbonyl (C=O) groups excluding carboxylic acids is 1. The molecule has 86 valence electrons. The molecule has 0 radical (unpaired) electrons. The van der Waals surface area contributed by atoms with Crippen LogP contribution in [0.5, 0.6) is 0 Å². The number of alkyl halides is 1. The Kier molecular flexibility index (Phi) is 3.34. The van der Waals surface area contributed by atoms with Gasteiger partial charge in [-0.1, -0.05) is 0 Å². The Morgan fingerprint density at radius 1 is 1.38 bits per heavy atom. The van der Waals surface area contributed by atoms with Crippen LogP contribution in [-0.2, 0) is 4.79 Å². The standard InChI is InChI=1S/C10H7ClF2INO/c11-5-1-9(16)15(4-5)6-2-7(12)10(14)8(13)3-6/h2-3,5H,1,4H2. The maximum atomic E-state index is 13.3. The van der Waals surface area contributed by atoms with Crippen LogP contribution in [0.25, 0.3) is 0 Å². The minimum atomic E-state index is -0.665. The van der Waals surface area contributed by atoms with Crippen molar-refractivity contribution in [2.45, 2.75) is 11.8 Å². The molecule has 0 N–H and O–H groups in total. The molecule has 0 aliphatic carbocycles. The van der Waals surface area contributed by atoms with Crippen LogP contribution in [-0.4, -0.2) is 17.8 Å². The van der Waals surface area contributed by atoms with E-state index in [4.69, 9.17) is 11.6 Å². The number of halogens is 4. The number of anilines is 1. The normalized spacial score (nSPS) is 20.6. The van der Waals surface area contributed by atoms with Crippen LogP contribution in [0.2, 0.25) is 0 Å². The van der Waals surface area contributed by atoms with E-state index in [9.17, 15) is 13.6 Å². The van der Waals surface area contributed by atoms with Gasteiger partial charge in [0.05, 0.1) is 8.95 Å². The molecule has 1 heterocycles. The number of amides is 1. The molecular weight excluding hydrogens is 350 g/mol. The van der Waals surface area contributed by atoms with Crippen molar-refractivity contribution < 1.29 is 13.6 Å². The molecule has 1 unspecified atom stereocenters. The SMILES string of the molecule is O=C1CC(Cl)CN1c1cc(F)c(I)c(F)c1. The van der Waals surface area contributed by atoms with Gasteiger partial charge in [0.2, 0.25) is 5.91 Å². The fraction of sp³-hybridized carbons (Fsp3) is 0.300. The molecule has 1 fully saturated rings. The first-order valence-electron chi connectivity index (χ1n) is 4.58. The average molecular weight is 358 g/mol. The lowest BCUT2D eigenvalue weighted by atomic mass is 10.3. The van der Waals surface area contributed by atoms with E-state index in [1.165, 1.54) is 4.90 Å². The molecule has 1 aliphatic rings. The molecule has 0 spiro atoms. The second-order valence-corrected chi connectivity index (χ2v) is 5.23. The van der Waals surface area contributed by atoms with E-state index in [1.807, 2.05) is 0 Å². The van der Waals surface area contributed by atoms with Gasteiger partial charge in [0.1, 0.15) is 11.6 Å². The van der Waals surface area contributed by atoms with Gasteiger partial charge in [0, 0.05) is 18.7 Å². The average Bonchev–Trinajstić information content (AvgIpc) is 2.53. The number of hydrogen-bond donors (Lipinski definition) is 0. The zero-order valence-corrected chi connectivity index (χ0v) is 10.9. The van der Waals surface area contributed by atoms with E-state index in [-0.39, 0.29) is 27.0 Å². The molecule has 6 heteroatoms. The van der Waals surface area contributed by atoms with Crippen LogP contribution >= 0.6 is 34.2 Å². The van der Waals surface area contributed by atoms with Gasteiger partial charge in [-0.3, -0.25) is 4.79 Å². The van der Waals surface area contributed by atoms with Gasteiger partial charge in [-0.15, -0.1) is 11.6 Å². The van der Waals surface area contributed by atoms with E-state index in [0.29, 0.717) is 6.54 Å². The van der Waals surface area contributed by atoms with E-state index in [2.05, 4.69) is 0 Å². The first kappa shape index (κ1) is 12.0. The molecule has 1 aromatic rings. The van der Waals surface area contributed by atoms with E-state index in [1.54, 1.807) is 22.6 Å². The van der Waals surface area contributed by atoms with Crippen LogP contribution in [0.1, 0.15) is 6.42 Å². The number of hydrogen-bond acceptors (Lipinski definition) is 1. The summed E-state index contributed by atoms with van der Waals surface area (Å²) in [4.78, 5) is 12.8. The third kappa shape index (κ3) is 2.15. The van der Waals surface area contributed by atoms with Crippen LogP contribution in [0, 0.1) is 15.2 Å². The highest BCUT2D eigenvalue weighted by molar-refractivity contribution is 14.1. The summed E-state index contributed by atoms with van der Waals surface area (Å²) < 4.78 is 26.5. The maximum Gasteiger partial charge on any atom is 0.228 e. The highest BCUT2D eigenvalue weighted by Gasteiger charge is 2.30. The topological polar surface area (TPSA) is 20.3 Å². The van der Waals surface area contributed by atoms with Gasteiger partial charge in [-0.05, 0) is 34.7 Å². The molecule has 2 rings (SSSR count). The summed E-state index contributed by atoms with van der Waals surface area (Å²) in [6.07, 6.45) is 0.205. The predicted molar refractivity (Wildman–Crippen MR) is 65.7 cm³/mol. The minimum absolute atomic E-state index is 0.0737. The van der Waals surface area contributed by atoms with E-state index < -0.39 is 11.6 Å². The Morgan fingerprint density at radius 3 is 2.38 bits per heavy atom. The van der Waals surface area contributed by atoms with Gasteiger partial charge in [0.15, 0.2) is 0 Å². The third-order valence-electron chi connectivity index (χ3n) is 2.36. The summed E-state index contributed by atoms with van der Waals surface area (Å²) in [5.41, 5.74) is 0.226. The highest BCUT2D eigenvalue weighted by atomic mass is 127. The van der Waals surface area contributed by atoms with E-state index in [0.717, 1.165) is 12.1 Å². The number of nitrogens with zero attached hydrogens (tertiary/aromatic N) is 1. The van der Waals surface area contributed by atoms with Crippen molar-refractivity contribution in [3.8, 4) is 0 Å².